The number of carbonyl (C=O) groups excluding carboxylic acids is 1. The standard InChI is InChI=1S/C23H25ClN4O2/c1-16-13-17(2)28(26-16)15-18-3-5-19(6-4-18)23(29)25-21-14-20(24)7-8-22(21)27-9-11-30-12-10-27/h3-8,13-14H,9-12,15H2,1-2H3,(H,25,29). The molecule has 1 aromatic heterocycles. The summed E-state index contributed by atoms with van der Waals surface area (Å²) in [4.78, 5) is 15.1. The number of hydrogen-bond acceptors (Lipinski definition) is 4. The third kappa shape index (κ3) is 4.66. The minimum absolute atomic E-state index is 0.163. The molecule has 30 heavy (non-hydrogen) atoms. The van der Waals surface area contributed by atoms with Crippen molar-refractivity contribution < 1.29 is 9.53 Å². The van der Waals surface area contributed by atoms with Gasteiger partial charge in [-0.3, -0.25) is 9.48 Å². The molecule has 1 amide bonds. The van der Waals surface area contributed by atoms with Gasteiger partial charge in [-0.2, -0.15) is 5.10 Å². The number of aryl methyl sites for hydroxylation is 2. The number of nitrogens with one attached hydrogen (secondary N) is 1. The molecule has 2 aromatic carbocycles. The van der Waals surface area contributed by atoms with Crippen LogP contribution in [0.3, 0.4) is 0 Å². The Labute approximate surface area is 181 Å². The molecule has 7 heteroatoms. The second-order valence-electron chi connectivity index (χ2n) is 7.50. The van der Waals surface area contributed by atoms with E-state index in [9.17, 15) is 4.79 Å². The van der Waals surface area contributed by atoms with E-state index < -0.39 is 0 Å². The Kier molecular flexibility index (Phi) is 6.06. The Balaban J connectivity index is 1.49. The van der Waals surface area contributed by atoms with E-state index in [1.54, 1.807) is 6.07 Å². The highest BCUT2D eigenvalue weighted by Gasteiger charge is 2.17. The minimum Gasteiger partial charge on any atom is -0.378 e. The first-order valence-corrected chi connectivity index (χ1v) is 10.4. The maximum Gasteiger partial charge on any atom is 0.255 e. The summed E-state index contributed by atoms with van der Waals surface area (Å²) in [6.45, 7) is 7.62. The summed E-state index contributed by atoms with van der Waals surface area (Å²) in [7, 11) is 0. The number of morpholine rings is 1. The fourth-order valence-electron chi connectivity index (χ4n) is 3.65. The smallest absolute Gasteiger partial charge is 0.255 e. The van der Waals surface area contributed by atoms with Crippen LogP contribution in [-0.2, 0) is 11.3 Å². The SMILES string of the molecule is Cc1cc(C)n(Cc2ccc(C(=O)Nc3cc(Cl)ccc3N3CCOCC3)cc2)n1. The van der Waals surface area contributed by atoms with Crippen molar-refractivity contribution in [3.05, 3.63) is 76.1 Å². The molecule has 2 heterocycles. The number of rotatable bonds is 5. The highest BCUT2D eigenvalue weighted by molar-refractivity contribution is 6.31. The van der Waals surface area contributed by atoms with Crippen molar-refractivity contribution in [3.8, 4) is 0 Å². The number of carbonyl (C=O) groups is 1. The molecule has 0 radical (unpaired) electrons. The molecule has 6 nitrogen and oxygen atoms in total. The van der Waals surface area contributed by atoms with Crippen LogP contribution >= 0.6 is 11.6 Å². The Hall–Kier alpha value is -2.83. The van der Waals surface area contributed by atoms with E-state index in [1.807, 2.05) is 54.9 Å². The molecule has 0 saturated carbocycles. The maximum absolute atomic E-state index is 12.9. The van der Waals surface area contributed by atoms with E-state index >= 15 is 0 Å². The van der Waals surface area contributed by atoms with Gasteiger partial charge < -0.3 is 15.0 Å². The average Bonchev–Trinajstić information content (AvgIpc) is 3.06. The minimum atomic E-state index is -0.163. The molecular weight excluding hydrogens is 400 g/mol. The van der Waals surface area contributed by atoms with Gasteiger partial charge in [-0.25, -0.2) is 0 Å². The van der Waals surface area contributed by atoms with E-state index in [-0.39, 0.29) is 5.91 Å². The zero-order chi connectivity index (χ0) is 21.1. The number of aromatic nitrogens is 2. The van der Waals surface area contributed by atoms with Crippen LogP contribution in [-0.4, -0.2) is 42.0 Å². The van der Waals surface area contributed by atoms with Gasteiger partial charge in [-0.1, -0.05) is 23.7 Å². The average molecular weight is 425 g/mol. The predicted molar refractivity (Wildman–Crippen MR) is 120 cm³/mol. The van der Waals surface area contributed by atoms with E-state index in [0.29, 0.717) is 36.0 Å². The molecule has 1 N–H and O–H groups in total. The molecule has 1 aliphatic heterocycles. The summed E-state index contributed by atoms with van der Waals surface area (Å²) in [6, 6.07) is 15.2. The van der Waals surface area contributed by atoms with Crippen molar-refractivity contribution in [3.63, 3.8) is 0 Å². The lowest BCUT2D eigenvalue weighted by atomic mass is 10.1. The maximum atomic E-state index is 12.9. The first kappa shape index (κ1) is 20.4. The van der Waals surface area contributed by atoms with Gasteiger partial charge in [0.2, 0.25) is 0 Å². The topological polar surface area (TPSA) is 59.4 Å². The van der Waals surface area contributed by atoms with Gasteiger partial charge in [0.1, 0.15) is 0 Å². The fraction of sp³-hybridized carbons (Fsp3) is 0.304. The van der Waals surface area contributed by atoms with Crippen molar-refractivity contribution in [2.24, 2.45) is 0 Å². The van der Waals surface area contributed by atoms with Gasteiger partial charge in [0, 0.05) is 29.4 Å². The van der Waals surface area contributed by atoms with E-state index in [4.69, 9.17) is 16.3 Å². The zero-order valence-electron chi connectivity index (χ0n) is 17.2. The van der Waals surface area contributed by atoms with Crippen molar-refractivity contribution in [1.29, 1.82) is 0 Å². The van der Waals surface area contributed by atoms with Crippen molar-refractivity contribution >= 4 is 28.9 Å². The molecule has 0 spiro atoms. The van der Waals surface area contributed by atoms with Gasteiger partial charge in [-0.05, 0) is 55.8 Å². The largest absolute Gasteiger partial charge is 0.378 e. The summed E-state index contributed by atoms with van der Waals surface area (Å²) in [5, 5.41) is 8.10. The third-order valence-corrected chi connectivity index (χ3v) is 5.45. The van der Waals surface area contributed by atoms with Crippen LogP contribution in [0.1, 0.15) is 27.3 Å². The molecule has 0 aliphatic carbocycles. The van der Waals surface area contributed by atoms with Crippen LogP contribution in [0.5, 0.6) is 0 Å². The molecule has 156 valence electrons. The second kappa shape index (κ2) is 8.90. The van der Waals surface area contributed by atoms with Crippen molar-refractivity contribution in [1.82, 2.24) is 9.78 Å². The monoisotopic (exact) mass is 424 g/mol. The first-order valence-electron chi connectivity index (χ1n) is 10.0. The Bertz CT molecular complexity index is 1040. The number of nitrogens with zero attached hydrogens (tertiary/aromatic N) is 3. The molecule has 1 fully saturated rings. The predicted octanol–water partition coefficient (Wildman–Crippen LogP) is 4.29. The number of benzene rings is 2. The van der Waals surface area contributed by atoms with Crippen LogP contribution in [0.4, 0.5) is 11.4 Å². The van der Waals surface area contributed by atoms with Crippen LogP contribution in [0.15, 0.2) is 48.5 Å². The molecule has 1 aliphatic rings. The quantitative estimate of drug-likeness (QED) is 0.663. The second-order valence-corrected chi connectivity index (χ2v) is 7.93. The highest BCUT2D eigenvalue weighted by Crippen LogP contribution is 2.30. The fourth-order valence-corrected chi connectivity index (χ4v) is 3.82. The number of ether oxygens (including phenoxy) is 1. The summed E-state index contributed by atoms with van der Waals surface area (Å²) in [5.41, 5.74) is 5.47. The third-order valence-electron chi connectivity index (χ3n) is 5.21. The Morgan fingerprint density at radius 3 is 2.50 bits per heavy atom. The molecular formula is C23H25ClN4O2. The lowest BCUT2D eigenvalue weighted by Gasteiger charge is -2.30. The number of amides is 1. The molecule has 3 aromatic rings. The molecule has 0 bridgehead atoms. The van der Waals surface area contributed by atoms with Gasteiger partial charge >= 0.3 is 0 Å². The van der Waals surface area contributed by atoms with Gasteiger partial charge in [-0.15, -0.1) is 0 Å². The van der Waals surface area contributed by atoms with Crippen molar-refractivity contribution in [2.45, 2.75) is 20.4 Å². The summed E-state index contributed by atoms with van der Waals surface area (Å²) in [6.07, 6.45) is 0. The van der Waals surface area contributed by atoms with Crippen molar-refractivity contribution in [2.75, 3.05) is 36.5 Å². The van der Waals surface area contributed by atoms with Crippen LogP contribution in [0.2, 0.25) is 5.02 Å². The highest BCUT2D eigenvalue weighted by atomic mass is 35.5. The van der Waals surface area contributed by atoms with Crippen LogP contribution in [0.25, 0.3) is 0 Å². The Morgan fingerprint density at radius 2 is 1.83 bits per heavy atom. The zero-order valence-corrected chi connectivity index (χ0v) is 17.9. The van der Waals surface area contributed by atoms with Gasteiger partial charge in [0.25, 0.3) is 5.91 Å². The first-order chi connectivity index (χ1) is 14.5. The number of hydrogen-bond donors (Lipinski definition) is 1. The summed E-state index contributed by atoms with van der Waals surface area (Å²) in [5.74, 6) is -0.163. The molecule has 4 rings (SSSR count). The Morgan fingerprint density at radius 1 is 1.10 bits per heavy atom. The summed E-state index contributed by atoms with van der Waals surface area (Å²) < 4.78 is 7.40. The molecule has 1 saturated heterocycles. The lowest BCUT2D eigenvalue weighted by Crippen LogP contribution is -2.36. The molecule has 0 atom stereocenters. The molecule has 0 unspecified atom stereocenters. The number of anilines is 2. The number of halogens is 1. The lowest BCUT2D eigenvalue weighted by molar-refractivity contribution is 0.102. The van der Waals surface area contributed by atoms with Gasteiger partial charge in [0.15, 0.2) is 0 Å². The van der Waals surface area contributed by atoms with Gasteiger partial charge in [0.05, 0.1) is 36.8 Å². The van der Waals surface area contributed by atoms with E-state index in [1.165, 1.54) is 0 Å². The van der Waals surface area contributed by atoms with E-state index in [0.717, 1.165) is 35.7 Å². The summed E-state index contributed by atoms with van der Waals surface area (Å²) >= 11 is 6.19. The normalized spacial score (nSPS) is 14.0. The van der Waals surface area contributed by atoms with Crippen LogP contribution in [0, 0.1) is 13.8 Å². The van der Waals surface area contributed by atoms with E-state index in [2.05, 4.69) is 21.4 Å². The van der Waals surface area contributed by atoms with Crippen LogP contribution < -0.4 is 10.2 Å².